The number of pyridine rings is 1. The highest BCUT2D eigenvalue weighted by Crippen LogP contribution is 2.43. The first kappa shape index (κ1) is 38.1. The predicted molar refractivity (Wildman–Crippen MR) is 219 cm³/mol. The molecule has 57 heavy (non-hydrogen) atoms. The molecule has 0 bridgehead atoms. The van der Waals surface area contributed by atoms with E-state index in [1.54, 1.807) is 16.7 Å². The number of carbonyl (C=O) groups is 3. The van der Waals surface area contributed by atoms with Gasteiger partial charge in [-0.1, -0.05) is 0 Å². The van der Waals surface area contributed by atoms with Gasteiger partial charge in [0.1, 0.15) is 11.9 Å². The van der Waals surface area contributed by atoms with E-state index < -0.39 is 23.7 Å². The largest absolute Gasteiger partial charge is 0.371 e. The molecule has 0 radical (unpaired) electrons. The van der Waals surface area contributed by atoms with Crippen molar-refractivity contribution < 1.29 is 18.8 Å². The summed E-state index contributed by atoms with van der Waals surface area (Å²) < 4.78 is 17.1. The van der Waals surface area contributed by atoms with Crippen LogP contribution in [0.15, 0.2) is 59.4 Å². The first-order chi connectivity index (χ1) is 27.5. The molecule has 1 aromatic heterocycles. The summed E-state index contributed by atoms with van der Waals surface area (Å²) in [5.41, 5.74) is 7.25. The number of aromatic nitrogens is 1. The Balaban J connectivity index is 0.912. The average molecular weight is 773 g/mol. The minimum atomic E-state index is -0.818. The number of hydrogen-bond donors (Lipinski definition) is 2. The van der Waals surface area contributed by atoms with Crippen LogP contribution in [0, 0.1) is 30.0 Å². The second kappa shape index (κ2) is 15.7. The standard InChI is InChI=1S/C44H49FN8O4/c1-27-20-33-38(50(3)44(27)57)23-32(24-39(33)53-19-18-49(2)37-7-4-29(25-46)21-40(37)53)30-12-14-51(15-13-30)26-28-10-16-52(17-11-28)36-8-5-31(22-34(36)45)42(55)47-35-6-9-41(54)48-43(35)56/h4-5,7-8,20-24,28,30,35H,6,9-19,26H2,1-3H3,(H,47,55)(H,48,54,56). The van der Waals surface area contributed by atoms with E-state index in [0.717, 1.165) is 99.5 Å². The number of benzene rings is 3. The summed E-state index contributed by atoms with van der Waals surface area (Å²) in [6.45, 7) is 7.87. The van der Waals surface area contributed by atoms with Crippen LogP contribution in [0.4, 0.5) is 27.1 Å². The van der Waals surface area contributed by atoms with E-state index in [1.807, 2.05) is 43.1 Å². The van der Waals surface area contributed by atoms with Gasteiger partial charge in [-0.25, -0.2) is 4.39 Å². The molecule has 0 saturated carbocycles. The van der Waals surface area contributed by atoms with Gasteiger partial charge in [-0.05, 0) is 124 Å². The number of piperidine rings is 3. The summed E-state index contributed by atoms with van der Waals surface area (Å²) in [7, 11) is 3.94. The molecule has 4 aromatic rings. The molecule has 8 rings (SSSR count). The first-order valence-corrected chi connectivity index (χ1v) is 20.1. The van der Waals surface area contributed by atoms with Crippen LogP contribution < -0.4 is 30.9 Å². The van der Waals surface area contributed by atoms with E-state index in [9.17, 15) is 24.4 Å². The highest BCUT2D eigenvalue weighted by atomic mass is 19.1. The third-order valence-electron chi connectivity index (χ3n) is 12.6. The van der Waals surface area contributed by atoms with E-state index in [4.69, 9.17) is 0 Å². The Morgan fingerprint density at radius 2 is 1.61 bits per heavy atom. The fourth-order valence-corrected chi connectivity index (χ4v) is 9.20. The van der Waals surface area contributed by atoms with Crippen molar-refractivity contribution in [2.75, 3.05) is 67.6 Å². The van der Waals surface area contributed by atoms with Crippen molar-refractivity contribution in [3.8, 4) is 6.07 Å². The summed E-state index contributed by atoms with van der Waals surface area (Å²) in [4.78, 5) is 58.6. The van der Waals surface area contributed by atoms with Crippen LogP contribution in [0.25, 0.3) is 10.9 Å². The SMILES string of the molecule is Cc1cc2c(N3CCN(C)c4ccc(C#N)cc43)cc(C3CCN(CC4CCN(c5ccc(C(=O)NC6CCC(=O)NC6=O)cc5F)CC4)CC3)cc2n(C)c1=O. The minimum Gasteiger partial charge on any atom is -0.371 e. The zero-order valence-electron chi connectivity index (χ0n) is 32.8. The lowest BCUT2D eigenvalue weighted by molar-refractivity contribution is -0.134. The van der Waals surface area contributed by atoms with Crippen LogP contribution in [-0.2, 0) is 16.6 Å². The number of hydrogen-bond acceptors (Lipinski definition) is 9. The zero-order chi connectivity index (χ0) is 40.0. The Labute approximate surface area is 331 Å². The summed E-state index contributed by atoms with van der Waals surface area (Å²) >= 11 is 0. The van der Waals surface area contributed by atoms with Gasteiger partial charge in [-0.2, -0.15) is 5.26 Å². The Morgan fingerprint density at radius 1 is 0.860 bits per heavy atom. The molecule has 3 amide bonds. The van der Waals surface area contributed by atoms with Crippen molar-refractivity contribution in [3.63, 3.8) is 0 Å². The molecule has 0 aliphatic carbocycles. The number of fused-ring (bicyclic) bond motifs is 2. The monoisotopic (exact) mass is 772 g/mol. The number of imide groups is 1. The molecule has 2 N–H and O–H groups in total. The fourth-order valence-electron chi connectivity index (χ4n) is 9.20. The molecule has 3 aromatic carbocycles. The normalized spacial score (nSPS) is 19.7. The van der Waals surface area contributed by atoms with Gasteiger partial charge < -0.3 is 29.5 Å². The molecule has 4 aliphatic rings. The molecule has 3 fully saturated rings. The number of anilines is 4. The molecule has 3 saturated heterocycles. The smallest absolute Gasteiger partial charge is 0.253 e. The van der Waals surface area contributed by atoms with E-state index in [0.29, 0.717) is 28.7 Å². The number of nitrogens with one attached hydrogen (secondary N) is 2. The molecule has 1 atom stereocenters. The lowest BCUT2D eigenvalue weighted by atomic mass is 9.87. The number of likely N-dealkylation sites (N-methyl/N-ethyl adjacent to an activating group) is 1. The van der Waals surface area contributed by atoms with Crippen LogP contribution in [0.2, 0.25) is 0 Å². The number of halogens is 1. The minimum absolute atomic E-state index is 0.00574. The molecule has 296 valence electrons. The van der Waals surface area contributed by atoms with E-state index in [1.165, 1.54) is 11.6 Å². The molecule has 13 heteroatoms. The molecule has 4 aliphatic heterocycles. The molecular weight excluding hydrogens is 724 g/mol. The number of aryl methyl sites for hydroxylation is 2. The predicted octanol–water partition coefficient (Wildman–Crippen LogP) is 5.08. The highest BCUT2D eigenvalue weighted by Gasteiger charge is 2.31. The Hall–Kier alpha value is -5.74. The number of amides is 3. The van der Waals surface area contributed by atoms with E-state index in [-0.39, 0.29) is 29.9 Å². The second-order valence-electron chi connectivity index (χ2n) is 16.2. The Bertz CT molecular complexity index is 2350. The molecular formula is C44H49FN8O4. The van der Waals surface area contributed by atoms with Gasteiger partial charge in [0.2, 0.25) is 11.8 Å². The van der Waals surface area contributed by atoms with Crippen LogP contribution >= 0.6 is 0 Å². The number of nitriles is 1. The lowest BCUT2D eigenvalue weighted by Gasteiger charge is -2.39. The number of rotatable bonds is 7. The third kappa shape index (κ3) is 7.58. The Kier molecular flexibility index (Phi) is 10.5. The van der Waals surface area contributed by atoms with Crippen molar-refractivity contribution in [1.29, 1.82) is 5.26 Å². The lowest BCUT2D eigenvalue weighted by Crippen LogP contribution is -2.52. The first-order valence-electron chi connectivity index (χ1n) is 20.1. The summed E-state index contributed by atoms with van der Waals surface area (Å²) in [6, 6.07) is 18.4. The van der Waals surface area contributed by atoms with Crippen LogP contribution in [0.3, 0.4) is 0 Å². The van der Waals surface area contributed by atoms with Crippen LogP contribution in [0.1, 0.15) is 71.5 Å². The van der Waals surface area contributed by atoms with Crippen molar-refractivity contribution >= 4 is 51.4 Å². The maximum Gasteiger partial charge on any atom is 0.253 e. The Morgan fingerprint density at radius 3 is 2.33 bits per heavy atom. The maximum absolute atomic E-state index is 15.3. The summed E-state index contributed by atoms with van der Waals surface area (Å²) in [5.74, 6) is -1.08. The van der Waals surface area contributed by atoms with Gasteiger partial charge in [0.25, 0.3) is 11.5 Å². The van der Waals surface area contributed by atoms with E-state index in [2.05, 4.69) is 50.6 Å². The quantitative estimate of drug-likeness (QED) is 0.247. The summed E-state index contributed by atoms with van der Waals surface area (Å²) in [5, 5.41) is 15.6. The average Bonchev–Trinajstić information content (AvgIpc) is 3.21. The van der Waals surface area contributed by atoms with Crippen LogP contribution in [0.5, 0.6) is 0 Å². The molecule has 12 nitrogen and oxygen atoms in total. The third-order valence-corrected chi connectivity index (χ3v) is 12.6. The molecule has 5 heterocycles. The second-order valence-corrected chi connectivity index (χ2v) is 16.2. The van der Waals surface area contributed by atoms with Gasteiger partial charge in [0.15, 0.2) is 0 Å². The maximum atomic E-state index is 15.3. The van der Waals surface area contributed by atoms with Gasteiger partial charge in [-0.3, -0.25) is 24.5 Å². The van der Waals surface area contributed by atoms with Gasteiger partial charge in [0.05, 0.1) is 39.9 Å². The topological polar surface area (TPSA) is 134 Å². The molecule has 0 spiro atoms. The van der Waals surface area contributed by atoms with Crippen molar-refractivity contribution in [3.05, 3.63) is 93.0 Å². The zero-order valence-corrected chi connectivity index (χ0v) is 32.8. The van der Waals surface area contributed by atoms with Crippen molar-refractivity contribution in [2.45, 2.75) is 57.4 Å². The highest BCUT2D eigenvalue weighted by molar-refractivity contribution is 6.04. The van der Waals surface area contributed by atoms with Crippen molar-refractivity contribution in [1.82, 2.24) is 20.1 Å². The van der Waals surface area contributed by atoms with Crippen LogP contribution in [-0.4, -0.2) is 86.1 Å². The number of likely N-dealkylation sites (tertiary alicyclic amines) is 1. The summed E-state index contributed by atoms with van der Waals surface area (Å²) in [6.07, 6.45) is 4.27. The fraction of sp³-hybridized carbons (Fsp3) is 0.432. The number of nitrogens with zero attached hydrogens (tertiary/aromatic N) is 6. The van der Waals surface area contributed by atoms with Gasteiger partial charge in [-0.15, -0.1) is 0 Å². The van der Waals surface area contributed by atoms with E-state index >= 15 is 4.39 Å². The van der Waals surface area contributed by atoms with Gasteiger partial charge in [0, 0.05) is 69.8 Å². The molecule has 1 unspecified atom stereocenters. The number of carbonyl (C=O) groups excluding carboxylic acids is 3. The van der Waals surface area contributed by atoms with Crippen molar-refractivity contribution in [2.24, 2.45) is 13.0 Å². The van der Waals surface area contributed by atoms with Gasteiger partial charge >= 0.3 is 0 Å².